The third kappa shape index (κ3) is 3.99. The van der Waals surface area contributed by atoms with Crippen LogP contribution in [0.5, 0.6) is 0 Å². The van der Waals surface area contributed by atoms with Gasteiger partial charge in [-0.25, -0.2) is 9.59 Å². The number of carboxylic acids is 1. The number of nitrogens with zero attached hydrogens (tertiary/aromatic N) is 1. The van der Waals surface area contributed by atoms with Gasteiger partial charge in [0, 0.05) is 5.56 Å². The Bertz CT molecular complexity index is 1240. The van der Waals surface area contributed by atoms with Crippen molar-refractivity contribution in [3.8, 4) is 11.3 Å². The number of hydrogen-bond donors (Lipinski definition) is 2. The van der Waals surface area contributed by atoms with Crippen molar-refractivity contribution >= 4 is 41.5 Å². The van der Waals surface area contributed by atoms with E-state index >= 15 is 0 Å². The van der Waals surface area contributed by atoms with Gasteiger partial charge in [0.25, 0.3) is 11.8 Å². The third-order valence-corrected chi connectivity index (χ3v) is 4.79. The lowest BCUT2D eigenvalue weighted by Crippen LogP contribution is -2.53. The van der Waals surface area contributed by atoms with Gasteiger partial charge in [-0.05, 0) is 42.5 Å². The summed E-state index contributed by atoms with van der Waals surface area (Å²) in [6.07, 6.45) is 2.62. The van der Waals surface area contributed by atoms with Gasteiger partial charge in [-0.3, -0.25) is 19.8 Å². The number of urea groups is 1. The number of carboxylic acid groups (broad SMARTS) is 1. The Kier molecular flexibility index (Phi) is 5.18. The Balaban J connectivity index is 1.61. The molecule has 4 amide bonds. The number of imide groups is 2. The lowest BCUT2D eigenvalue weighted by molar-refractivity contribution is -0.130. The van der Waals surface area contributed by atoms with Gasteiger partial charge >= 0.3 is 12.0 Å². The second kappa shape index (κ2) is 7.96. The average Bonchev–Trinajstić information content (AvgIpc) is 3.40. The summed E-state index contributed by atoms with van der Waals surface area (Å²) in [4.78, 5) is 48.9. The van der Waals surface area contributed by atoms with Crippen molar-refractivity contribution in [1.29, 1.82) is 0 Å². The molecule has 31 heavy (non-hydrogen) atoms. The molecule has 156 valence electrons. The van der Waals surface area contributed by atoms with E-state index in [0.29, 0.717) is 17.1 Å². The van der Waals surface area contributed by atoms with E-state index in [2.05, 4.69) is 5.32 Å². The predicted octanol–water partition coefficient (Wildman–Crippen LogP) is 3.55. The highest BCUT2D eigenvalue weighted by Crippen LogP contribution is 2.28. The topological polar surface area (TPSA) is 130 Å². The molecule has 1 aliphatic heterocycles. The maximum Gasteiger partial charge on any atom is 0.337 e. The number of halogens is 1. The number of benzene rings is 1. The molecule has 0 radical (unpaired) electrons. The Morgan fingerprint density at radius 2 is 1.97 bits per heavy atom. The van der Waals surface area contributed by atoms with Crippen LogP contribution in [-0.4, -0.2) is 33.8 Å². The number of carbonyl (C=O) groups is 4. The number of nitrogens with one attached hydrogen (secondary N) is 1. The van der Waals surface area contributed by atoms with Crippen molar-refractivity contribution in [3.05, 3.63) is 76.4 Å². The van der Waals surface area contributed by atoms with E-state index < -0.39 is 23.8 Å². The Hall–Kier alpha value is -4.11. The lowest BCUT2D eigenvalue weighted by Gasteiger charge is -2.25. The van der Waals surface area contributed by atoms with Crippen LogP contribution >= 0.6 is 11.6 Å². The molecule has 10 heteroatoms. The molecule has 4 rings (SSSR count). The summed E-state index contributed by atoms with van der Waals surface area (Å²) in [6, 6.07) is 9.76. The van der Waals surface area contributed by atoms with E-state index in [1.807, 2.05) is 0 Å². The van der Waals surface area contributed by atoms with Crippen molar-refractivity contribution in [2.45, 2.75) is 6.54 Å². The number of rotatable bonds is 5. The maximum absolute atomic E-state index is 12.7. The first-order valence-corrected chi connectivity index (χ1v) is 9.25. The average molecular weight is 441 g/mol. The van der Waals surface area contributed by atoms with Crippen LogP contribution in [0.2, 0.25) is 5.02 Å². The third-order valence-electron chi connectivity index (χ3n) is 4.48. The number of carbonyl (C=O) groups excluding carboxylic acids is 3. The number of barbiturate groups is 1. The molecule has 3 heterocycles. The monoisotopic (exact) mass is 440 g/mol. The Labute approximate surface area is 179 Å². The van der Waals surface area contributed by atoms with Crippen LogP contribution in [0.4, 0.5) is 4.79 Å². The number of amides is 4. The zero-order chi connectivity index (χ0) is 22.1. The molecule has 1 aliphatic rings. The zero-order valence-corrected chi connectivity index (χ0v) is 16.4. The summed E-state index contributed by atoms with van der Waals surface area (Å²) in [5, 5.41) is 11.2. The van der Waals surface area contributed by atoms with Crippen LogP contribution in [0.25, 0.3) is 17.4 Å². The maximum atomic E-state index is 12.7. The van der Waals surface area contributed by atoms with Gasteiger partial charge in [0.05, 0.1) is 23.4 Å². The van der Waals surface area contributed by atoms with Gasteiger partial charge in [0.15, 0.2) is 0 Å². The number of hydrogen-bond acceptors (Lipinski definition) is 6. The minimum Gasteiger partial charge on any atom is -0.478 e. The normalized spacial score (nSPS) is 15.5. The summed E-state index contributed by atoms with van der Waals surface area (Å²) >= 11 is 5.99. The SMILES string of the molecule is O=C1NC(=O)N(Cc2ccco2)C(=O)C1=Cc1ccc(-c2ccc(C(=O)O)c(Cl)c2)o1. The van der Waals surface area contributed by atoms with Crippen molar-refractivity contribution < 1.29 is 33.1 Å². The Morgan fingerprint density at radius 3 is 2.65 bits per heavy atom. The van der Waals surface area contributed by atoms with E-state index in [0.717, 1.165) is 4.90 Å². The van der Waals surface area contributed by atoms with Crippen LogP contribution in [0.3, 0.4) is 0 Å². The van der Waals surface area contributed by atoms with Gasteiger partial charge < -0.3 is 13.9 Å². The first-order valence-electron chi connectivity index (χ1n) is 8.88. The first-order chi connectivity index (χ1) is 14.8. The van der Waals surface area contributed by atoms with E-state index in [4.69, 9.17) is 25.5 Å². The van der Waals surface area contributed by atoms with Crippen molar-refractivity contribution in [1.82, 2.24) is 10.2 Å². The molecule has 2 aromatic heterocycles. The number of furan rings is 2. The molecule has 0 aliphatic carbocycles. The molecule has 3 aromatic rings. The van der Waals surface area contributed by atoms with Crippen LogP contribution in [-0.2, 0) is 16.1 Å². The second-order valence-electron chi connectivity index (χ2n) is 6.49. The number of aromatic carboxylic acids is 1. The first kappa shape index (κ1) is 20.2. The van der Waals surface area contributed by atoms with E-state index in [-0.39, 0.29) is 28.5 Å². The summed E-state index contributed by atoms with van der Waals surface area (Å²) in [5.74, 6) is -1.90. The van der Waals surface area contributed by atoms with Crippen molar-refractivity contribution in [3.63, 3.8) is 0 Å². The van der Waals surface area contributed by atoms with Gasteiger partial charge in [-0.1, -0.05) is 17.7 Å². The fourth-order valence-electron chi connectivity index (χ4n) is 2.97. The van der Waals surface area contributed by atoms with Crippen LogP contribution in [0.15, 0.2) is 63.1 Å². The van der Waals surface area contributed by atoms with Crippen LogP contribution in [0, 0.1) is 0 Å². The summed E-state index contributed by atoms with van der Waals surface area (Å²) in [5.41, 5.74) is 0.171. The van der Waals surface area contributed by atoms with Crippen LogP contribution < -0.4 is 5.32 Å². The predicted molar refractivity (Wildman–Crippen MR) is 107 cm³/mol. The molecule has 2 N–H and O–H groups in total. The highest BCUT2D eigenvalue weighted by molar-refractivity contribution is 6.33. The van der Waals surface area contributed by atoms with Crippen molar-refractivity contribution in [2.75, 3.05) is 0 Å². The van der Waals surface area contributed by atoms with E-state index in [1.165, 1.54) is 36.6 Å². The zero-order valence-electron chi connectivity index (χ0n) is 15.6. The van der Waals surface area contributed by atoms with E-state index in [9.17, 15) is 19.2 Å². The Morgan fingerprint density at radius 1 is 1.16 bits per heavy atom. The fraction of sp³-hybridized carbons (Fsp3) is 0.0476. The minimum atomic E-state index is -1.16. The quantitative estimate of drug-likeness (QED) is 0.458. The van der Waals surface area contributed by atoms with Gasteiger partial charge in [0.2, 0.25) is 0 Å². The summed E-state index contributed by atoms with van der Waals surface area (Å²) < 4.78 is 10.8. The lowest BCUT2D eigenvalue weighted by atomic mass is 10.1. The van der Waals surface area contributed by atoms with Gasteiger partial charge in [-0.15, -0.1) is 0 Å². The molecule has 1 aromatic carbocycles. The van der Waals surface area contributed by atoms with E-state index in [1.54, 1.807) is 18.2 Å². The smallest absolute Gasteiger partial charge is 0.337 e. The molecule has 0 unspecified atom stereocenters. The molecule has 0 spiro atoms. The second-order valence-corrected chi connectivity index (χ2v) is 6.90. The molecule has 0 bridgehead atoms. The molecule has 1 saturated heterocycles. The molecule has 9 nitrogen and oxygen atoms in total. The minimum absolute atomic E-state index is 0.0372. The fourth-order valence-corrected chi connectivity index (χ4v) is 3.23. The molecular formula is C21H13ClN2O7. The molecule has 1 fully saturated rings. The van der Waals surface area contributed by atoms with Gasteiger partial charge in [-0.2, -0.15) is 0 Å². The molecule has 0 atom stereocenters. The molecular weight excluding hydrogens is 428 g/mol. The van der Waals surface area contributed by atoms with Crippen LogP contribution in [0.1, 0.15) is 21.9 Å². The van der Waals surface area contributed by atoms with Gasteiger partial charge in [0.1, 0.15) is 22.9 Å². The standard InChI is InChI=1S/C21H13ClN2O7/c22-16-8-11(3-5-14(16)20(27)28)17-6-4-12(31-17)9-15-18(25)23-21(29)24(19(15)26)10-13-2-1-7-30-13/h1-9H,10H2,(H,27,28)(H,23,25,29). The molecule has 0 saturated carbocycles. The summed E-state index contributed by atoms with van der Waals surface area (Å²) in [7, 11) is 0. The highest BCUT2D eigenvalue weighted by Gasteiger charge is 2.36. The van der Waals surface area contributed by atoms with Crippen molar-refractivity contribution in [2.24, 2.45) is 0 Å². The largest absolute Gasteiger partial charge is 0.478 e. The highest BCUT2D eigenvalue weighted by atomic mass is 35.5. The summed E-state index contributed by atoms with van der Waals surface area (Å²) in [6.45, 7) is -0.139.